The molecule has 0 aromatic carbocycles. The Bertz CT molecular complexity index is 535. The maximum Gasteiger partial charge on any atom is 0.243 e. The Hall–Kier alpha value is -0.250. The molecule has 0 radical (unpaired) electrons. The molecule has 1 rings (SSSR count). The van der Waals surface area contributed by atoms with Crippen molar-refractivity contribution in [2.45, 2.75) is 25.0 Å². The lowest BCUT2D eigenvalue weighted by Crippen LogP contribution is -2.35. The van der Waals surface area contributed by atoms with Gasteiger partial charge in [-0.1, -0.05) is 11.6 Å². The van der Waals surface area contributed by atoms with Gasteiger partial charge in [-0.3, -0.25) is 0 Å². The molecule has 9 heteroatoms. The summed E-state index contributed by atoms with van der Waals surface area (Å²) < 4.78 is 37.7. The first-order chi connectivity index (χ1) is 9.40. The van der Waals surface area contributed by atoms with Crippen LogP contribution >= 0.6 is 27.5 Å². The van der Waals surface area contributed by atoms with E-state index in [4.69, 9.17) is 21.1 Å². The summed E-state index contributed by atoms with van der Waals surface area (Å²) in [6.07, 6.45) is 0.781. The molecule has 0 saturated carbocycles. The van der Waals surface area contributed by atoms with E-state index in [1.54, 1.807) is 13.8 Å². The molecule has 20 heavy (non-hydrogen) atoms. The lowest BCUT2D eigenvalue weighted by molar-refractivity contribution is -0.130. The molecule has 0 spiro atoms. The second-order valence-electron chi connectivity index (χ2n) is 3.63. The zero-order valence-corrected chi connectivity index (χ0v) is 14.3. The molecule has 1 N–H and O–H groups in total. The molecule has 0 unspecified atom stereocenters. The fraction of sp³-hybridized carbons (Fsp3) is 0.545. The van der Waals surface area contributed by atoms with Gasteiger partial charge in [-0.25, -0.2) is 18.1 Å². The van der Waals surface area contributed by atoms with Gasteiger partial charge in [0.05, 0.1) is 6.54 Å². The molecule has 0 aliphatic carbocycles. The Morgan fingerprint density at radius 3 is 2.55 bits per heavy atom. The molecule has 0 fully saturated rings. The number of hydrogen-bond acceptors (Lipinski definition) is 5. The number of rotatable bonds is 8. The van der Waals surface area contributed by atoms with E-state index < -0.39 is 16.3 Å². The van der Waals surface area contributed by atoms with Crippen molar-refractivity contribution in [3.8, 4) is 0 Å². The molecule has 1 heterocycles. The van der Waals surface area contributed by atoms with Gasteiger partial charge in [0.15, 0.2) is 6.29 Å². The Balaban J connectivity index is 2.81. The summed E-state index contributed by atoms with van der Waals surface area (Å²) in [6, 6.07) is 1.38. The average Bonchev–Trinajstić information content (AvgIpc) is 2.39. The maximum atomic E-state index is 12.2. The van der Waals surface area contributed by atoms with Gasteiger partial charge in [-0.05, 0) is 35.8 Å². The third-order valence-corrected chi connectivity index (χ3v) is 4.49. The number of sulfonamides is 1. The van der Waals surface area contributed by atoms with Crippen molar-refractivity contribution in [1.82, 2.24) is 9.71 Å². The molecule has 114 valence electrons. The van der Waals surface area contributed by atoms with Crippen molar-refractivity contribution < 1.29 is 17.9 Å². The Morgan fingerprint density at radius 1 is 1.40 bits per heavy atom. The lowest BCUT2D eigenvalue weighted by atomic mass is 10.5. The summed E-state index contributed by atoms with van der Waals surface area (Å²) in [5.41, 5.74) is 0. The van der Waals surface area contributed by atoms with Gasteiger partial charge in [0.1, 0.15) is 10.0 Å². The predicted octanol–water partition coefficient (Wildman–Crippen LogP) is 2.17. The van der Waals surface area contributed by atoms with Gasteiger partial charge < -0.3 is 9.47 Å². The van der Waals surface area contributed by atoms with E-state index >= 15 is 0 Å². The fourth-order valence-electron chi connectivity index (χ4n) is 1.39. The first kappa shape index (κ1) is 17.8. The van der Waals surface area contributed by atoms with Crippen molar-refractivity contribution >= 4 is 37.6 Å². The van der Waals surface area contributed by atoms with E-state index in [9.17, 15) is 8.42 Å². The monoisotopic (exact) mass is 386 g/mol. The van der Waals surface area contributed by atoms with Crippen molar-refractivity contribution in [3.63, 3.8) is 0 Å². The predicted molar refractivity (Wildman–Crippen MR) is 79.2 cm³/mol. The number of nitrogens with zero attached hydrogens (tertiary/aromatic N) is 1. The number of hydrogen-bond donors (Lipinski definition) is 1. The summed E-state index contributed by atoms with van der Waals surface area (Å²) >= 11 is 8.96. The zero-order chi connectivity index (χ0) is 15.2. The number of halogens is 2. The third kappa shape index (κ3) is 5.27. The molecule has 1 aromatic heterocycles. The molecule has 0 bridgehead atoms. The van der Waals surface area contributed by atoms with Crippen molar-refractivity contribution in [2.75, 3.05) is 19.8 Å². The molecular formula is C11H16BrClN2O4S. The van der Waals surface area contributed by atoms with Crippen LogP contribution in [0.1, 0.15) is 13.8 Å². The topological polar surface area (TPSA) is 77.5 Å². The van der Waals surface area contributed by atoms with Crippen LogP contribution < -0.4 is 4.72 Å². The van der Waals surface area contributed by atoms with Crippen LogP contribution in [0.2, 0.25) is 5.15 Å². The Morgan fingerprint density at radius 2 is 2.00 bits per heavy atom. The van der Waals surface area contributed by atoms with Gasteiger partial charge in [-0.2, -0.15) is 0 Å². The average molecular weight is 388 g/mol. The first-order valence-corrected chi connectivity index (χ1v) is 8.60. The van der Waals surface area contributed by atoms with Crippen molar-refractivity contribution in [3.05, 3.63) is 21.9 Å². The summed E-state index contributed by atoms with van der Waals surface area (Å²) in [7, 11) is -3.78. The van der Waals surface area contributed by atoms with Crippen molar-refractivity contribution in [1.29, 1.82) is 0 Å². The summed E-state index contributed by atoms with van der Waals surface area (Å²) in [5, 5.41) is -0.0925. The molecule has 0 aliphatic rings. The van der Waals surface area contributed by atoms with Gasteiger partial charge >= 0.3 is 0 Å². The molecule has 6 nitrogen and oxygen atoms in total. The highest BCUT2D eigenvalue weighted by molar-refractivity contribution is 9.10. The van der Waals surface area contributed by atoms with Crippen LogP contribution in [-0.2, 0) is 19.5 Å². The van der Waals surface area contributed by atoms with Gasteiger partial charge in [0.2, 0.25) is 10.0 Å². The number of pyridine rings is 1. The van der Waals surface area contributed by atoms with Crippen LogP contribution in [0.5, 0.6) is 0 Å². The highest BCUT2D eigenvalue weighted by Gasteiger charge is 2.21. The normalized spacial score (nSPS) is 12.1. The largest absolute Gasteiger partial charge is 0.352 e. The van der Waals surface area contributed by atoms with E-state index in [0.29, 0.717) is 17.7 Å². The quantitative estimate of drug-likeness (QED) is 0.546. The van der Waals surface area contributed by atoms with Crippen LogP contribution in [0.4, 0.5) is 0 Å². The van der Waals surface area contributed by atoms with Crippen molar-refractivity contribution in [2.24, 2.45) is 0 Å². The number of ether oxygens (including phenoxy) is 2. The highest BCUT2D eigenvalue weighted by atomic mass is 79.9. The zero-order valence-electron chi connectivity index (χ0n) is 11.1. The van der Waals surface area contributed by atoms with Crippen LogP contribution in [0.15, 0.2) is 21.6 Å². The smallest absolute Gasteiger partial charge is 0.243 e. The number of nitrogens with one attached hydrogen (secondary N) is 1. The second kappa shape index (κ2) is 8.26. The summed E-state index contributed by atoms with van der Waals surface area (Å²) in [4.78, 5) is 3.68. The standard InChI is InChI=1S/C11H16BrClN2O4S/c1-3-18-10(19-4-2)7-15-20(16,17)9-5-8(12)6-14-11(9)13/h5-6,10,15H,3-4,7H2,1-2H3. The molecule has 0 atom stereocenters. The fourth-order valence-corrected chi connectivity index (χ4v) is 3.34. The van der Waals surface area contributed by atoms with E-state index in [2.05, 4.69) is 25.6 Å². The second-order valence-corrected chi connectivity index (χ2v) is 6.64. The molecule has 1 aromatic rings. The molecule has 0 aliphatic heterocycles. The summed E-state index contributed by atoms with van der Waals surface area (Å²) in [5.74, 6) is 0. The summed E-state index contributed by atoms with van der Waals surface area (Å²) in [6.45, 7) is 4.44. The lowest BCUT2D eigenvalue weighted by Gasteiger charge is -2.17. The maximum absolute atomic E-state index is 12.2. The van der Waals surface area contributed by atoms with E-state index in [1.165, 1.54) is 12.3 Å². The van der Waals surface area contributed by atoms with Crippen LogP contribution in [0.25, 0.3) is 0 Å². The molecule has 0 saturated heterocycles. The third-order valence-electron chi connectivity index (χ3n) is 2.21. The Labute approximate surface area is 132 Å². The molecular weight excluding hydrogens is 372 g/mol. The SMILES string of the molecule is CCOC(CNS(=O)(=O)c1cc(Br)cnc1Cl)OCC. The minimum atomic E-state index is -3.78. The van der Waals surface area contributed by atoms with Crippen LogP contribution in [-0.4, -0.2) is 39.5 Å². The van der Waals surface area contributed by atoms with Crippen LogP contribution in [0, 0.1) is 0 Å². The van der Waals surface area contributed by atoms with E-state index in [1.807, 2.05) is 0 Å². The van der Waals surface area contributed by atoms with E-state index in [0.717, 1.165) is 0 Å². The van der Waals surface area contributed by atoms with Crippen LogP contribution in [0.3, 0.4) is 0 Å². The van der Waals surface area contributed by atoms with E-state index in [-0.39, 0.29) is 16.6 Å². The minimum Gasteiger partial charge on any atom is -0.352 e. The Kier molecular flexibility index (Phi) is 7.35. The van der Waals surface area contributed by atoms with Gasteiger partial charge in [0, 0.05) is 23.9 Å². The first-order valence-electron chi connectivity index (χ1n) is 5.94. The highest BCUT2D eigenvalue weighted by Crippen LogP contribution is 2.22. The van der Waals surface area contributed by atoms with Gasteiger partial charge in [-0.15, -0.1) is 0 Å². The number of aromatic nitrogens is 1. The minimum absolute atomic E-state index is 0.00709. The molecule has 0 amide bonds. The van der Waals surface area contributed by atoms with Gasteiger partial charge in [0.25, 0.3) is 0 Å².